The summed E-state index contributed by atoms with van der Waals surface area (Å²) in [6.07, 6.45) is 5.74. The van der Waals surface area contributed by atoms with Crippen molar-refractivity contribution < 1.29 is 14.0 Å². The van der Waals surface area contributed by atoms with Crippen LogP contribution in [0.3, 0.4) is 0 Å². The van der Waals surface area contributed by atoms with E-state index in [2.05, 4.69) is 25.7 Å². The van der Waals surface area contributed by atoms with Crippen molar-refractivity contribution in [3.63, 3.8) is 0 Å². The fraction of sp³-hybridized carbons (Fsp3) is 0.692. The van der Waals surface area contributed by atoms with Crippen LogP contribution >= 0.6 is 0 Å². The summed E-state index contributed by atoms with van der Waals surface area (Å²) in [7, 11) is 0. The minimum Gasteiger partial charge on any atom is -0.337 e. The summed E-state index contributed by atoms with van der Waals surface area (Å²) in [5.74, 6) is 0.748. The second-order valence-electron chi connectivity index (χ2n) is 10.8. The molecule has 2 saturated carbocycles. The monoisotopic (exact) mass is 428 g/mol. The van der Waals surface area contributed by atoms with Gasteiger partial charge in [0.15, 0.2) is 0 Å². The van der Waals surface area contributed by atoms with E-state index in [0.717, 1.165) is 43.5 Å². The summed E-state index contributed by atoms with van der Waals surface area (Å²) < 4.78 is 14.7. The molecular weight excluding hydrogens is 391 g/mol. The van der Waals surface area contributed by atoms with E-state index in [1.54, 1.807) is 6.07 Å². The zero-order valence-corrected chi connectivity index (χ0v) is 19.5. The Morgan fingerprint density at radius 2 is 1.84 bits per heavy atom. The van der Waals surface area contributed by atoms with Crippen LogP contribution in [0.4, 0.5) is 4.39 Å². The average molecular weight is 429 g/mol. The van der Waals surface area contributed by atoms with Crippen molar-refractivity contribution in [2.24, 2.45) is 17.3 Å². The fourth-order valence-electron chi connectivity index (χ4n) is 5.62. The highest BCUT2D eigenvalue weighted by atomic mass is 19.1. The van der Waals surface area contributed by atoms with Gasteiger partial charge in [-0.2, -0.15) is 0 Å². The summed E-state index contributed by atoms with van der Waals surface area (Å²) in [5.41, 5.74) is 2.68. The molecule has 170 valence electrons. The van der Waals surface area contributed by atoms with Gasteiger partial charge in [-0.15, -0.1) is 0 Å². The summed E-state index contributed by atoms with van der Waals surface area (Å²) >= 11 is 0. The number of nitrogens with zero attached hydrogens (tertiary/aromatic N) is 2. The second kappa shape index (κ2) is 8.65. The molecule has 4 nitrogen and oxygen atoms in total. The lowest BCUT2D eigenvalue weighted by Crippen LogP contribution is -2.54. The molecule has 1 aromatic carbocycles. The molecule has 1 unspecified atom stereocenters. The lowest BCUT2D eigenvalue weighted by atomic mass is 9.94. The lowest BCUT2D eigenvalue weighted by Gasteiger charge is -2.41. The molecule has 0 aromatic heterocycles. The van der Waals surface area contributed by atoms with Gasteiger partial charge < -0.3 is 4.90 Å². The number of Topliss-reactive ketones (excluding diaryl/α,β-unsaturated/α-hetero) is 1. The van der Waals surface area contributed by atoms with Gasteiger partial charge in [-0.25, -0.2) is 4.39 Å². The van der Waals surface area contributed by atoms with Crippen molar-refractivity contribution in [1.29, 1.82) is 0 Å². The molecular formula is C26H37FN2O2. The zero-order chi connectivity index (χ0) is 22.3. The normalized spacial score (nSPS) is 26.3. The Hall–Kier alpha value is -1.75. The van der Waals surface area contributed by atoms with Crippen molar-refractivity contribution in [2.45, 2.75) is 78.8 Å². The van der Waals surface area contributed by atoms with Crippen LogP contribution in [0.5, 0.6) is 0 Å². The van der Waals surface area contributed by atoms with Crippen LogP contribution in [0.15, 0.2) is 12.1 Å². The third-order valence-electron chi connectivity index (χ3n) is 8.00. The average Bonchev–Trinajstić information content (AvgIpc) is 3.12. The molecule has 1 saturated heterocycles. The van der Waals surface area contributed by atoms with Gasteiger partial charge in [0.25, 0.3) is 0 Å². The van der Waals surface area contributed by atoms with Crippen LogP contribution in [0, 0.1) is 30.0 Å². The van der Waals surface area contributed by atoms with Crippen molar-refractivity contribution in [3.05, 3.63) is 34.6 Å². The molecule has 31 heavy (non-hydrogen) atoms. The Morgan fingerprint density at radius 1 is 1.16 bits per heavy atom. The first-order valence-electron chi connectivity index (χ1n) is 12.0. The van der Waals surface area contributed by atoms with Gasteiger partial charge in [-0.05, 0) is 55.7 Å². The number of amides is 1. The van der Waals surface area contributed by atoms with Gasteiger partial charge in [0, 0.05) is 56.0 Å². The van der Waals surface area contributed by atoms with Crippen LogP contribution in [0.2, 0.25) is 0 Å². The Bertz CT molecular complexity index is 859. The first-order valence-corrected chi connectivity index (χ1v) is 12.0. The largest absolute Gasteiger partial charge is 0.337 e. The molecule has 2 aliphatic carbocycles. The number of halogens is 1. The molecule has 4 rings (SSSR count). The van der Waals surface area contributed by atoms with Crippen LogP contribution < -0.4 is 0 Å². The molecule has 0 radical (unpaired) electrons. The summed E-state index contributed by atoms with van der Waals surface area (Å²) in [6, 6.07) is 3.45. The van der Waals surface area contributed by atoms with Crippen LogP contribution in [0.1, 0.15) is 69.6 Å². The number of rotatable bonds is 6. The van der Waals surface area contributed by atoms with Gasteiger partial charge in [0.2, 0.25) is 5.91 Å². The van der Waals surface area contributed by atoms with Crippen LogP contribution in [-0.4, -0.2) is 47.2 Å². The van der Waals surface area contributed by atoms with Crippen molar-refractivity contribution in [2.75, 3.05) is 19.6 Å². The van der Waals surface area contributed by atoms with Crippen LogP contribution in [-0.2, 0) is 22.6 Å². The zero-order valence-electron chi connectivity index (χ0n) is 19.5. The minimum atomic E-state index is -0.197. The van der Waals surface area contributed by atoms with E-state index in [1.807, 2.05) is 11.8 Å². The molecule has 1 amide bonds. The van der Waals surface area contributed by atoms with Crippen LogP contribution in [0.25, 0.3) is 0 Å². The highest BCUT2D eigenvalue weighted by molar-refractivity contribution is 5.86. The molecule has 0 spiro atoms. The number of carbonyl (C=O) groups excluding carboxylic acids is 2. The predicted molar refractivity (Wildman–Crippen MR) is 120 cm³/mol. The second-order valence-corrected chi connectivity index (χ2v) is 10.8. The predicted octanol–water partition coefficient (Wildman–Crippen LogP) is 4.51. The molecule has 1 aliphatic heterocycles. The summed E-state index contributed by atoms with van der Waals surface area (Å²) in [4.78, 5) is 29.8. The van der Waals surface area contributed by atoms with E-state index in [4.69, 9.17) is 0 Å². The number of ketones is 1. The molecule has 2 atom stereocenters. The van der Waals surface area contributed by atoms with E-state index < -0.39 is 0 Å². The molecule has 5 heteroatoms. The quantitative estimate of drug-likeness (QED) is 0.669. The standard InChI is InChI=1S/C26H37FN2O2/c1-17-15-28(11-12-29(17)25(31)19-7-5-6-8-19)16-21-18(2)20(9-10-23(21)27)13-24(30)22-14-26(22,3)4/h9-10,17,19,22H,5-8,11-16H2,1-4H3/t17-,22?/m0/s1. The number of hydrogen-bond acceptors (Lipinski definition) is 3. The molecule has 1 heterocycles. The van der Waals surface area contributed by atoms with E-state index in [9.17, 15) is 14.0 Å². The van der Waals surface area contributed by atoms with E-state index in [0.29, 0.717) is 31.0 Å². The third kappa shape index (κ3) is 4.72. The highest BCUT2D eigenvalue weighted by Gasteiger charge is 2.49. The van der Waals surface area contributed by atoms with E-state index >= 15 is 0 Å². The summed E-state index contributed by atoms with van der Waals surface area (Å²) in [6.45, 7) is 11.1. The molecule has 0 N–H and O–H groups in total. The molecule has 3 fully saturated rings. The highest BCUT2D eigenvalue weighted by Crippen LogP contribution is 2.52. The van der Waals surface area contributed by atoms with Crippen molar-refractivity contribution in [1.82, 2.24) is 9.80 Å². The van der Waals surface area contributed by atoms with E-state index in [-0.39, 0.29) is 34.9 Å². The fourth-order valence-corrected chi connectivity index (χ4v) is 5.62. The molecule has 1 aromatic rings. The van der Waals surface area contributed by atoms with E-state index in [1.165, 1.54) is 18.9 Å². The molecule has 3 aliphatic rings. The Kier molecular flexibility index (Phi) is 6.26. The third-order valence-corrected chi connectivity index (χ3v) is 8.00. The number of carbonyl (C=O) groups is 2. The van der Waals surface area contributed by atoms with Gasteiger partial charge in [0.05, 0.1) is 0 Å². The number of benzene rings is 1. The SMILES string of the molecule is Cc1c(CC(=O)C2CC2(C)C)ccc(F)c1CN1CCN(C(=O)C2CCCC2)[C@@H](C)C1. The lowest BCUT2D eigenvalue weighted by molar-refractivity contribution is -0.140. The van der Waals surface area contributed by atoms with Gasteiger partial charge in [-0.1, -0.05) is 32.8 Å². The topological polar surface area (TPSA) is 40.6 Å². The number of piperazine rings is 1. The van der Waals surface area contributed by atoms with Gasteiger partial charge in [-0.3, -0.25) is 14.5 Å². The first-order chi connectivity index (χ1) is 14.7. The van der Waals surface area contributed by atoms with Crippen molar-refractivity contribution in [3.8, 4) is 0 Å². The summed E-state index contributed by atoms with van der Waals surface area (Å²) in [5, 5.41) is 0. The Morgan fingerprint density at radius 3 is 2.45 bits per heavy atom. The Balaban J connectivity index is 1.40. The van der Waals surface area contributed by atoms with Gasteiger partial charge in [0.1, 0.15) is 11.6 Å². The number of hydrogen-bond donors (Lipinski definition) is 0. The molecule has 0 bridgehead atoms. The maximum Gasteiger partial charge on any atom is 0.226 e. The first kappa shape index (κ1) is 22.4. The maximum atomic E-state index is 14.7. The van der Waals surface area contributed by atoms with Gasteiger partial charge >= 0.3 is 0 Å². The minimum absolute atomic E-state index is 0.125. The van der Waals surface area contributed by atoms with Crippen molar-refractivity contribution >= 4 is 11.7 Å². The smallest absolute Gasteiger partial charge is 0.226 e. The Labute approximate surface area is 186 Å². The maximum absolute atomic E-state index is 14.7.